The highest BCUT2D eigenvalue weighted by molar-refractivity contribution is 7.13. The average molecular weight is 408 g/mol. The van der Waals surface area contributed by atoms with Gasteiger partial charge in [0.25, 0.3) is 0 Å². The highest BCUT2D eigenvalue weighted by atomic mass is 32.1. The van der Waals surface area contributed by atoms with Gasteiger partial charge in [0.2, 0.25) is 0 Å². The molecule has 2 atom stereocenters. The molecule has 1 aliphatic heterocycles. The van der Waals surface area contributed by atoms with Crippen LogP contribution in [0.5, 0.6) is 0 Å². The van der Waals surface area contributed by atoms with E-state index >= 15 is 0 Å². The second-order valence-electron chi connectivity index (χ2n) is 7.80. The Morgan fingerprint density at radius 1 is 1.07 bits per heavy atom. The number of benzene rings is 2. The van der Waals surface area contributed by atoms with Crippen LogP contribution in [0.2, 0.25) is 0 Å². The fraction of sp³-hybridized carbons (Fsp3) is 0.360. The maximum atomic E-state index is 9.37. The molecule has 1 fully saturated rings. The van der Waals surface area contributed by atoms with Crippen molar-refractivity contribution >= 4 is 11.3 Å². The van der Waals surface area contributed by atoms with E-state index in [-0.39, 0.29) is 12.2 Å². The van der Waals surface area contributed by atoms with Gasteiger partial charge in [0.1, 0.15) is 6.73 Å². The summed E-state index contributed by atoms with van der Waals surface area (Å²) in [6.07, 6.45) is 2.55. The molecule has 0 amide bonds. The fourth-order valence-electron chi connectivity index (χ4n) is 4.23. The lowest BCUT2D eigenvalue weighted by atomic mass is 9.84. The van der Waals surface area contributed by atoms with Crippen LogP contribution >= 0.6 is 11.3 Å². The van der Waals surface area contributed by atoms with Crippen LogP contribution in [-0.2, 0) is 10.3 Å². The van der Waals surface area contributed by atoms with Gasteiger partial charge >= 0.3 is 0 Å². The summed E-state index contributed by atoms with van der Waals surface area (Å²) in [6.45, 7) is 4.05. The van der Waals surface area contributed by atoms with Crippen LogP contribution in [0.3, 0.4) is 0 Å². The summed E-state index contributed by atoms with van der Waals surface area (Å²) in [7, 11) is 0. The summed E-state index contributed by atoms with van der Waals surface area (Å²) in [6, 6.07) is 24.0. The molecule has 0 unspecified atom stereocenters. The van der Waals surface area contributed by atoms with Gasteiger partial charge in [0.05, 0.1) is 5.60 Å². The first-order chi connectivity index (χ1) is 14.2. The van der Waals surface area contributed by atoms with Crippen molar-refractivity contribution < 1.29 is 9.84 Å². The number of aliphatic hydroxyl groups excluding tert-OH is 1. The topological polar surface area (TPSA) is 32.7 Å². The standard InChI is InChI=1S/C25H29NO2S/c1-20(21-10-12-22(13-11-21)24-9-5-18-29-24)26-16-15-25(28-19-26,14-6-17-27)23-7-3-2-4-8-23/h2-5,7-13,18,20,27H,6,14-17,19H2,1H3/t20-,25+/m0/s1. The lowest BCUT2D eigenvalue weighted by Gasteiger charge is -2.44. The van der Waals surface area contributed by atoms with Crippen molar-refractivity contribution in [3.63, 3.8) is 0 Å². The Morgan fingerprint density at radius 3 is 2.48 bits per heavy atom. The molecule has 1 N–H and O–H groups in total. The SMILES string of the molecule is C[C@@H](c1ccc(-c2cccs2)cc1)N1CC[C@](CCCO)(c2ccccc2)OC1. The van der Waals surface area contributed by atoms with Crippen molar-refractivity contribution in [1.29, 1.82) is 0 Å². The second-order valence-corrected chi connectivity index (χ2v) is 8.75. The second kappa shape index (κ2) is 9.23. The van der Waals surface area contributed by atoms with E-state index in [1.807, 2.05) is 6.07 Å². The molecule has 0 radical (unpaired) electrons. The average Bonchev–Trinajstić information content (AvgIpc) is 3.33. The van der Waals surface area contributed by atoms with E-state index < -0.39 is 0 Å². The number of aliphatic hydroxyl groups is 1. The third kappa shape index (κ3) is 4.46. The molecule has 2 aromatic carbocycles. The zero-order valence-electron chi connectivity index (χ0n) is 17.0. The molecule has 4 heteroatoms. The van der Waals surface area contributed by atoms with Crippen molar-refractivity contribution in [2.45, 2.75) is 37.8 Å². The third-order valence-electron chi connectivity index (χ3n) is 6.09. The van der Waals surface area contributed by atoms with Gasteiger partial charge in [0, 0.05) is 24.1 Å². The molecule has 3 nitrogen and oxygen atoms in total. The molecular formula is C25H29NO2S. The Bertz CT molecular complexity index is 869. The third-order valence-corrected chi connectivity index (χ3v) is 7.01. The summed E-state index contributed by atoms with van der Waals surface area (Å²) in [5, 5.41) is 11.5. The molecule has 0 spiro atoms. The largest absolute Gasteiger partial charge is 0.396 e. The number of hydrogen-bond donors (Lipinski definition) is 1. The van der Waals surface area contributed by atoms with Crippen LogP contribution in [0.1, 0.15) is 43.4 Å². The van der Waals surface area contributed by atoms with Crippen LogP contribution in [0.15, 0.2) is 72.1 Å². The molecule has 29 heavy (non-hydrogen) atoms. The Hall–Kier alpha value is -1.98. The quantitative estimate of drug-likeness (QED) is 0.535. The number of nitrogens with zero attached hydrogens (tertiary/aromatic N) is 1. The lowest BCUT2D eigenvalue weighted by Crippen LogP contribution is -2.45. The Morgan fingerprint density at radius 2 is 1.86 bits per heavy atom. The minimum Gasteiger partial charge on any atom is -0.396 e. The molecule has 1 saturated heterocycles. The van der Waals surface area contributed by atoms with Gasteiger partial charge in [0.15, 0.2) is 0 Å². The normalized spacial score (nSPS) is 21.2. The van der Waals surface area contributed by atoms with Gasteiger partial charge in [-0.3, -0.25) is 4.90 Å². The van der Waals surface area contributed by atoms with Crippen LogP contribution in [-0.4, -0.2) is 29.9 Å². The van der Waals surface area contributed by atoms with Crippen LogP contribution in [0.25, 0.3) is 10.4 Å². The number of rotatable bonds is 7. The van der Waals surface area contributed by atoms with Crippen molar-refractivity contribution in [2.75, 3.05) is 19.9 Å². The zero-order chi connectivity index (χ0) is 20.1. The monoisotopic (exact) mass is 407 g/mol. The first-order valence-corrected chi connectivity index (χ1v) is 11.3. The molecule has 152 valence electrons. The summed E-state index contributed by atoms with van der Waals surface area (Å²) in [5.74, 6) is 0. The summed E-state index contributed by atoms with van der Waals surface area (Å²) in [5.41, 5.74) is 3.53. The molecule has 1 aromatic heterocycles. The van der Waals surface area contributed by atoms with Gasteiger partial charge in [-0.15, -0.1) is 11.3 Å². The fourth-order valence-corrected chi connectivity index (χ4v) is 4.96. The van der Waals surface area contributed by atoms with Crippen molar-refractivity contribution in [3.05, 3.63) is 83.2 Å². The van der Waals surface area contributed by atoms with E-state index in [9.17, 15) is 5.11 Å². The molecule has 3 aromatic rings. The van der Waals surface area contributed by atoms with Crippen molar-refractivity contribution in [3.8, 4) is 10.4 Å². The predicted molar refractivity (Wildman–Crippen MR) is 120 cm³/mol. The first kappa shape index (κ1) is 20.3. The minimum atomic E-state index is -0.288. The summed E-state index contributed by atoms with van der Waals surface area (Å²) in [4.78, 5) is 3.71. The number of hydrogen-bond acceptors (Lipinski definition) is 4. The molecule has 2 heterocycles. The summed E-state index contributed by atoms with van der Waals surface area (Å²) >= 11 is 1.77. The number of ether oxygens (including phenoxy) is 1. The van der Waals surface area contributed by atoms with Crippen molar-refractivity contribution in [2.24, 2.45) is 0 Å². The van der Waals surface area contributed by atoms with E-state index in [0.29, 0.717) is 12.8 Å². The molecule has 0 aliphatic carbocycles. The van der Waals surface area contributed by atoms with Gasteiger partial charge in [-0.2, -0.15) is 0 Å². The lowest BCUT2D eigenvalue weighted by molar-refractivity contribution is -0.159. The zero-order valence-corrected chi connectivity index (χ0v) is 17.8. The maximum absolute atomic E-state index is 9.37. The minimum absolute atomic E-state index is 0.203. The molecule has 0 saturated carbocycles. The Kier molecular flexibility index (Phi) is 6.46. The van der Waals surface area contributed by atoms with Gasteiger partial charge in [-0.25, -0.2) is 0 Å². The summed E-state index contributed by atoms with van der Waals surface area (Å²) < 4.78 is 6.51. The molecule has 4 rings (SSSR count). The van der Waals surface area contributed by atoms with Gasteiger partial charge < -0.3 is 9.84 Å². The maximum Gasteiger partial charge on any atom is 0.101 e. The highest BCUT2D eigenvalue weighted by Crippen LogP contribution is 2.39. The smallest absolute Gasteiger partial charge is 0.101 e. The van der Waals surface area contributed by atoms with E-state index in [4.69, 9.17) is 4.74 Å². The Labute approximate surface area is 177 Å². The predicted octanol–water partition coefficient (Wildman–Crippen LogP) is 5.82. The molecule has 1 aliphatic rings. The van der Waals surface area contributed by atoms with Crippen molar-refractivity contribution in [1.82, 2.24) is 4.90 Å². The Balaban J connectivity index is 1.45. The molecule has 0 bridgehead atoms. The van der Waals surface area contributed by atoms with E-state index in [2.05, 4.69) is 77.9 Å². The number of thiophene rings is 1. The van der Waals surface area contributed by atoms with Gasteiger partial charge in [-0.1, -0.05) is 60.7 Å². The first-order valence-electron chi connectivity index (χ1n) is 10.4. The van der Waals surface area contributed by atoms with E-state index in [1.165, 1.54) is 21.6 Å². The van der Waals surface area contributed by atoms with E-state index in [1.54, 1.807) is 11.3 Å². The van der Waals surface area contributed by atoms with Crippen LogP contribution < -0.4 is 0 Å². The van der Waals surface area contributed by atoms with E-state index in [0.717, 1.165) is 25.8 Å². The van der Waals surface area contributed by atoms with Gasteiger partial charge in [-0.05, 0) is 54.3 Å². The molecular weight excluding hydrogens is 378 g/mol. The highest BCUT2D eigenvalue weighted by Gasteiger charge is 2.38. The van der Waals surface area contributed by atoms with Crippen LogP contribution in [0, 0.1) is 0 Å². The van der Waals surface area contributed by atoms with Crippen LogP contribution in [0.4, 0.5) is 0 Å².